The zero-order chi connectivity index (χ0) is 26.6. The molecule has 1 aliphatic carbocycles. The Bertz CT molecular complexity index is 1390. The number of para-hydroxylation sites is 2. The van der Waals surface area contributed by atoms with Crippen LogP contribution in [-0.4, -0.2) is 62.9 Å². The summed E-state index contributed by atoms with van der Waals surface area (Å²) in [6.07, 6.45) is 1.19. The van der Waals surface area contributed by atoms with Crippen LogP contribution in [0.4, 0.5) is 20.7 Å². The lowest BCUT2D eigenvalue weighted by atomic mass is 9.91. The first-order valence-corrected chi connectivity index (χ1v) is 13.5. The normalized spacial score (nSPS) is 20.0. The fraction of sp³-hybridized carbons (Fsp3) is 0.429. The second kappa shape index (κ2) is 11.6. The van der Waals surface area contributed by atoms with Crippen LogP contribution < -0.4 is 15.5 Å². The van der Waals surface area contributed by atoms with Gasteiger partial charge in [-0.2, -0.15) is 15.0 Å². The molecule has 2 aromatic carbocycles. The Morgan fingerprint density at radius 1 is 0.821 bits per heavy atom. The van der Waals surface area contributed by atoms with Gasteiger partial charge in [-0.05, 0) is 43.4 Å². The highest BCUT2D eigenvalue weighted by atomic mass is 19.3. The number of hydrogen-bond donors (Lipinski definition) is 2. The molecule has 0 atom stereocenters. The molecule has 0 unspecified atom stereocenters. The number of morpholine rings is 1. The molecule has 1 saturated carbocycles. The summed E-state index contributed by atoms with van der Waals surface area (Å²) < 4.78 is 35.0. The predicted molar refractivity (Wildman–Crippen MR) is 145 cm³/mol. The summed E-state index contributed by atoms with van der Waals surface area (Å²) in [5.74, 6) is 0.588. The molecule has 2 fully saturated rings. The summed E-state index contributed by atoms with van der Waals surface area (Å²) in [5.41, 5.74) is 2.28. The minimum Gasteiger partial charge on any atom is -0.378 e. The van der Waals surface area contributed by atoms with E-state index in [0.717, 1.165) is 32.2 Å². The van der Waals surface area contributed by atoms with Crippen molar-refractivity contribution in [1.82, 2.24) is 29.8 Å². The van der Waals surface area contributed by atoms with Gasteiger partial charge in [0.15, 0.2) is 5.82 Å². The van der Waals surface area contributed by atoms with Gasteiger partial charge in [-0.25, -0.2) is 13.8 Å². The highest BCUT2D eigenvalue weighted by Crippen LogP contribution is 2.28. The van der Waals surface area contributed by atoms with Gasteiger partial charge in [0.05, 0.1) is 24.2 Å². The van der Waals surface area contributed by atoms with E-state index in [1.807, 2.05) is 11.0 Å². The molecule has 3 heterocycles. The average Bonchev–Trinajstić information content (AvgIpc) is 3.38. The summed E-state index contributed by atoms with van der Waals surface area (Å²) in [4.78, 5) is 20.2. The minimum atomic E-state index is -2.78. The van der Waals surface area contributed by atoms with Crippen molar-refractivity contribution < 1.29 is 13.5 Å². The van der Waals surface area contributed by atoms with Gasteiger partial charge in [-0.15, -0.1) is 0 Å². The van der Waals surface area contributed by atoms with Gasteiger partial charge in [0.2, 0.25) is 17.8 Å². The van der Waals surface area contributed by atoms with Crippen LogP contribution in [0.1, 0.15) is 43.5 Å². The molecule has 9 nitrogen and oxygen atoms in total. The maximum Gasteiger partial charge on any atom is 0.296 e. The maximum atomic E-state index is 14.1. The Morgan fingerprint density at radius 2 is 1.51 bits per heavy atom. The third-order valence-electron chi connectivity index (χ3n) is 7.39. The van der Waals surface area contributed by atoms with Crippen LogP contribution in [0.3, 0.4) is 0 Å². The molecule has 6 rings (SSSR count). The number of rotatable bonds is 8. The molecule has 1 saturated heterocycles. The molecule has 2 N–H and O–H groups in total. The van der Waals surface area contributed by atoms with Crippen molar-refractivity contribution in [2.24, 2.45) is 0 Å². The molecular weight excluding hydrogens is 502 g/mol. The van der Waals surface area contributed by atoms with Gasteiger partial charge >= 0.3 is 0 Å². The van der Waals surface area contributed by atoms with E-state index in [4.69, 9.17) is 9.72 Å². The van der Waals surface area contributed by atoms with Gasteiger partial charge in [-0.3, -0.25) is 4.57 Å². The fourth-order valence-corrected chi connectivity index (χ4v) is 5.31. The lowest BCUT2D eigenvalue weighted by Crippen LogP contribution is -2.38. The summed E-state index contributed by atoms with van der Waals surface area (Å²) in [5, 5.41) is 7.15. The second-order valence-electron chi connectivity index (χ2n) is 10.0. The number of imidazole rings is 1. The van der Waals surface area contributed by atoms with Gasteiger partial charge in [0.25, 0.3) is 6.43 Å². The summed E-state index contributed by atoms with van der Waals surface area (Å²) in [7, 11) is 0. The van der Waals surface area contributed by atoms with Crippen molar-refractivity contribution in [2.45, 2.75) is 50.7 Å². The van der Waals surface area contributed by atoms with E-state index in [1.165, 1.54) is 10.1 Å². The third kappa shape index (κ3) is 5.84. The number of halogens is 2. The van der Waals surface area contributed by atoms with E-state index in [0.29, 0.717) is 55.3 Å². The number of alkyl halides is 2. The minimum absolute atomic E-state index is 0.135. The SMILES string of the molecule is FC(F)c1nc2ccccc2n1-c1nc(N[C@H]2CC[C@H](NCc3ccccc3)CC2)nc(N2CCOCC2)n1. The molecule has 39 heavy (non-hydrogen) atoms. The maximum absolute atomic E-state index is 14.1. The monoisotopic (exact) mass is 534 g/mol. The van der Waals surface area contributed by atoms with Crippen LogP contribution >= 0.6 is 0 Å². The lowest BCUT2D eigenvalue weighted by Gasteiger charge is -2.30. The average molecular weight is 535 g/mol. The van der Waals surface area contributed by atoms with Crippen LogP contribution in [0.25, 0.3) is 17.0 Å². The highest BCUT2D eigenvalue weighted by Gasteiger charge is 2.26. The van der Waals surface area contributed by atoms with E-state index < -0.39 is 6.43 Å². The van der Waals surface area contributed by atoms with Crippen molar-refractivity contribution >= 4 is 22.9 Å². The highest BCUT2D eigenvalue weighted by molar-refractivity contribution is 5.77. The molecule has 2 aromatic heterocycles. The number of ether oxygens (including phenoxy) is 1. The van der Waals surface area contributed by atoms with Gasteiger partial charge in [0, 0.05) is 31.7 Å². The molecule has 11 heteroatoms. The van der Waals surface area contributed by atoms with Gasteiger partial charge in [-0.1, -0.05) is 42.5 Å². The van der Waals surface area contributed by atoms with E-state index in [1.54, 1.807) is 24.3 Å². The third-order valence-corrected chi connectivity index (χ3v) is 7.39. The Morgan fingerprint density at radius 3 is 2.28 bits per heavy atom. The first kappa shape index (κ1) is 25.6. The van der Waals surface area contributed by atoms with Crippen molar-refractivity contribution in [1.29, 1.82) is 0 Å². The Labute approximate surface area is 225 Å². The Balaban J connectivity index is 1.23. The fourth-order valence-electron chi connectivity index (χ4n) is 5.31. The first-order chi connectivity index (χ1) is 19.1. The van der Waals surface area contributed by atoms with Crippen LogP contribution in [-0.2, 0) is 11.3 Å². The summed E-state index contributed by atoms with van der Waals surface area (Å²) in [6, 6.07) is 18.1. The van der Waals surface area contributed by atoms with Crippen molar-refractivity contribution in [3.63, 3.8) is 0 Å². The molecule has 2 aliphatic rings. The molecule has 0 amide bonds. The number of fused-ring (bicyclic) bond motifs is 1. The van der Waals surface area contributed by atoms with E-state index in [9.17, 15) is 8.78 Å². The molecule has 0 spiro atoms. The van der Waals surface area contributed by atoms with Crippen LogP contribution in [0.15, 0.2) is 54.6 Å². The van der Waals surface area contributed by atoms with Crippen molar-refractivity contribution in [2.75, 3.05) is 36.5 Å². The predicted octanol–water partition coefficient (Wildman–Crippen LogP) is 4.50. The largest absolute Gasteiger partial charge is 0.378 e. The van der Waals surface area contributed by atoms with Crippen LogP contribution in [0, 0.1) is 0 Å². The standard InChI is InChI=1S/C28H32F2N8O/c29-24(30)25-33-22-8-4-5-9-23(22)38(25)28-35-26(34-27(36-28)37-14-16-39-17-15-37)32-21-12-10-20(11-13-21)31-18-19-6-2-1-3-7-19/h1-9,20-21,24,31H,10-18H2,(H,32,34,35,36)/t20-,21-. The Kier molecular flexibility index (Phi) is 7.60. The molecule has 4 aromatic rings. The number of nitrogens with one attached hydrogen (secondary N) is 2. The zero-order valence-corrected chi connectivity index (χ0v) is 21.6. The van der Waals surface area contributed by atoms with Gasteiger partial charge < -0.3 is 20.3 Å². The first-order valence-electron chi connectivity index (χ1n) is 13.5. The second-order valence-corrected chi connectivity index (χ2v) is 10.0. The van der Waals surface area contributed by atoms with Crippen molar-refractivity contribution in [3.05, 3.63) is 66.0 Å². The smallest absolute Gasteiger partial charge is 0.296 e. The molecular formula is C28H32F2N8O. The quantitative estimate of drug-likeness (QED) is 0.342. The van der Waals surface area contributed by atoms with Crippen LogP contribution in [0.2, 0.25) is 0 Å². The Hall–Kier alpha value is -3.70. The topological polar surface area (TPSA) is 93.0 Å². The zero-order valence-electron chi connectivity index (χ0n) is 21.6. The number of benzene rings is 2. The van der Waals surface area contributed by atoms with Crippen LogP contribution in [0.5, 0.6) is 0 Å². The lowest BCUT2D eigenvalue weighted by molar-refractivity contribution is 0.122. The van der Waals surface area contributed by atoms with E-state index in [-0.39, 0.29) is 17.8 Å². The van der Waals surface area contributed by atoms with E-state index >= 15 is 0 Å². The summed E-state index contributed by atoms with van der Waals surface area (Å²) in [6.45, 7) is 3.20. The number of nitrogens with zero attached hydrogens (tertiary/aromatic N) is 6. The number of aromatic nitrogens is 5. The van der Waals surface area contributed by atoms with Crippen molar-refractivity contribution in [3.8, 4) is 5.95 Å². The molecule has 0 radical (unpaired) electrons. The molecule has 204 valence electrons. The molecule has 1 aliphatic heterocycles. The number of anilines is 2. The molecule has 0 bridgehead atoms. The van der Waals surface area contributed by atoms with Gasteiger partial charge in [0.1, 0.15) is 0 Å². The number of hydrogen-bond acceptors (Lipinski definition) is 8. The van der Waals surface area contributed by atoms with E-state index in [2.05, 4.69) is 49.9 Å². The summed E-state index contributed by atoms with van der Waals surface area (Å²) >= 11 is 0.